The highest BCUT2D eigenvalue weighted by atomic mass is 16.5. The quantitative estimate of drug-likeness (QED) is 0.756. The van der Waals surface area contributed by atoms with Crippen LogP contribution in [0.15, 0.2) is 6.33 Å². The number of hydrogen-bond acceptors (Lipinski definition) is 5. The van der Waals surface area contributed by atoms with E-state index in [1.54, 1.807) is 13.4 Å². The molecule has 1 rings (SSSR count). The van der Waals surface area contributed by atoms with Gasteiger partial charge in [0.15, 0.2) is 11.6 Å². The number of rotatable bonds is 9. The zero-order valence-corrected chi connectivity index (χ0v) is 14.3. The van der Waals surface area contributed by atoms with Crippen molar-refractivity contribution in [3.8, 4) is 5.75 Å². The molecule has 0 bridgehead atoms. The molecule has 0 aliphatic carbocycles. The molecule has 0 fully saturated rings. The fraction of sp³-hybridized carbons (Fsp3) is 0.750. The van der Waals surface area contributed by atoms with E-state index < -0.39 is 0 Å². The number of methoxy groups -OCH3 is 1. The van der Waals surface area contributed by atoms with Crippen LogP contribution in [-0.4, -0.2) is 36.7 Å². The van der Waals surface area contributed by atoms with Gasteiger partial charge in [-0.15, -0.1) is 0 Å². The van der Waals surface area contributed by atoms with Crippen molar-refractivity contribution >= 4 is 11.6 Å². The summed E-state index contributed by atoms with van der Waals surface area (Å²) in [7, 11) is 1.68. The smallest absolute Gasteiger partial charge is 0.204 e. The predicted molar refractivity (Wildman–Crippen MR) is 89.3 cm³/mol. The molecule has 0 unspecified atom stereocenters. The molecule has 0 aliphatic rings. The molecule has 1 aromatic rings. The first kappa shape index (κ1) is 17.5. The van der Waals surface area contributed by atoms with Crippen LogP contribution in [0.2, 0.25) is 0 Å². The summed E-state index contributed by atoms with van der Waals surface area (Å²) in [5, 5.41) is 3.31. The lowest BCUT2D eigenvalue weighted by molar-refractivity contribution is 0.409. The number of nitrogens with one attached hydrogen (secondary N) is 1. The Morgan fingerprint density at radius 1 is 1.14 bits per heavy atom. The molecule has 5 heteroatoms. The van der Waals surface area contributed by atoms with Crippen molar-refractivity contribution in [1.29, 1.82) is 0 Å². The van der Waals surface area contributed by atoms with Gasteiger partial charge in [-0.05, 0) is 18.3 Å². The van der Waals surface area contributed by atoms with E-state index in [2.05, 4.69) is 54.8 Å². The fourth-order valence-electron chi connectivity index (χ4n) is 2.28. The van der Waals surface area contributed by atoms with Crippen molar-refractivity contribution < 1.29 is 4.74 Å². The Kier molecular flexibility index (Phi) is 7.26. The Morgan fingerprint density at radius 3 is 2.24 bits per heavy atom. The average Bonchev–Trinajstić information content (AvgIpc) is 2.42. The summed E-state index contributed by atoms with van der Waals surface area (Å²) in [6.07, 6.45) is 2.66. The Hall–Kier alpha value is -1.52. The van der Waals surface area contributed by atoms with Gasteiger partial charge < -0.3 is 15.0 Å². The second-order valence-electron chi connectivity index (χ2n) is 6.20. The van der Waals surface area contributed by atoms with E-state index in [4.69, 9.17) is 4.74 Å². The summed E-state index contributed by atoms with van der Waals surface area (Å²) < 4.78 is 5.59. The highest BCUT2D eigenvalue weighted by Gasteiger charge is 2.19. The molecule has 120 valence electrons. The second-order valence-corrected chi connectivity index (χ2v) is 6.20. The SMILES string of the molecule is CCCNc1ncnc(N(CC(C)C)CC(C)C)c1OC. The molecule has 21 heavy (non-hydrogen) atoms. The molecule has 0 aliphatic heterocycles. The Labute approximate surface area is 129 Å². The van der Waals surface area contributed by atoms with E-state index in [1.165, 1.54) is 0 Å². The zero-order chi connectivity index (χ0) is 15.8. The Bertz CT molecular complexity index is 411. The van der Waals surface area contributed by atoms with Gasteiger partial charge in [0.1, 0.15) is 6.33 Å². The number of ether oxygens (including phenoxy) is 1. The lowest BCUT2D eigenvalue weighted by Crippen LogP contribution is -2.32. The maximum atomic E-state index is 5.59. The summed E-state index contributed by atoms with van der Waals surface area (Å²) in [6.45, 7) is 13.8. The fourth-order valence-corrected chi connectivity index (χ4v) is 2.28. The minimum Gasteiger partial charge on any atom is -0.490 e. The maximum absolute atomic E-state index is 5.59. The predicted octanol–water partition coefficient (Wildman–Crippen LogP) is 3.43. The molecular weight excluding hydrogens is 264 g/mol. The van der Waals surface area contributed by atoms with Crippen molar-refractivity contribution in [2.75, 3.05) is 37.0 Å². The van der Waals surface area contributed by atoms with Crippen molar-refractivity contribution in [3.63, 3.8) is 0 Å². The third kappa shape index (κ3) is 5.40. The van der Waals surface area contributed by atoms with Gasteiger partial charge in [0, 0.05) is 19.6 Å². The van der Waals surface area contributed by atoms with E-state index in [0.29, 0.717) is 11.8 Å². The lowest BCUT2D eigenvalue weighted by atomic mass is 10.1. The number of nitrogens with zero attached hydrogens (tertiary/aromatic N) is 3. The molecule has 0 saturated heterocycles. The monoisotopic (exact) mass is 294 g/mol. The first-order valence-corrected chi connectivity index (χ1v) is 7.87. The maximum Gasteiger partial charge on any atom is 0.204 e. The number of anilines is 2. The van der Waals surface area contributed by atoms with Crippen molar-refractivity contribution in [2.45, 2.75) is 41.0 Å². The van der Waals surface area contributed by atoms with E-state index in [-0.39, 0.29) is 0 Å². The molecule has 1 N–H and O–H groups in total. The van der Waals surface area contributed by atoms with Gasteiger partial charge in [0.2, 0.25) is 5.75 Å². The summed E-state index contributed by atoms with van der Waals surface area (Å²) in [5.41, 5.74) is 0. The van der Waals surface area contributed by atoms with Crippen LogP contribution in [0, 0.1) is 11.8 Å². The lowest BCUT2D eigenvalue weighted by Gasteiger charge is -2.29. The first-order valence-electron chi connectivity index (χ1n) is 7.87. The number of aromatic nitrogens is 2. The first-order chi connectivity index (χ1) is 9.99. The molecule has 0 radical (unpaired) electrons. The van der Waals surface area contributed by atoms with Gasteiger partial charge in [-0.25, -0.2) is 9.97 Å². The molecule has 0 spiro atoms. The van der Waals surface area contributed by atoms with E-state index in [0.717, 1.165) is 43.4 Å². The molecule has 1 heterocycles. The minimum atomic E-state index is 0.565. The average molecular weight is 294 g/mol. The van der Waals surface area contributed by atoms with Crippen LogP contribution in [0.25, 0.3) is 0 Å². The van der Waals surface area contributed by atoms with Crippen molar-refractivity contribution in [3.05, 3.63) is 6.33 Å². The Balaban J connectivity index is 3.10. The van der Waals surface area contributed by atoms with E-state index >= 15 is 0 Å². The van der Waals surface area contributed by atoms with Crippen LogP contribution >= 0.6 is 0 Å². The third-order valence-corrected chi connectivity index (χ3v) is 3.00. The van der Waals surface area contributed by atoms with Crippen LogP contribution in [0.1, 0.15) is 41.0 Å². The summed E-state index contributed by atoms with van der Waals surface area (Å²) in [5.74, 6) is 3.54. The van der Waals surface area contributed by atoms with Gasteiger partial charge >= 0.3 is 0 Å². The highest BCUT2D eigenvalue weighted by molar-refractivity contribution is 5.64. The van der Waals surface area contributed by atoms with Crippen LogP contribution in [0.3, 0.4) is 0 Å². The van der Waals surface area contributed by atoms with Gasteiger partial charge in [-0.2, -0.15) is 0 Å². The minimum absolute atomic E-state index is 0.565. The largest absolute Gasteiger partial charge is 0.490 e. The topological polar surface area (TPSA) is 50.3 Å². The molecule has 0 amide bonds. The molecule has 0 atom stereocenters. The highest BCUT2D eigenvalue weighted by Crippen LogP contribution is 2.32. The second kappa shape index (κ2) is 8.70. The van der Waals surface area contributed by atoms with Gasteiger partial charge in [0.05, 0.1) is 7.11 Å². The van der Waals surface area contributed by atoms with Gasteiger partial charge in [-0.1, -0.05) is 34.6 Å². The molecule has 5 nitrogen and oxygen atoms in total. The van der Waals surface area contributed by atoms with Gasteiger partial charge in [-0.3, -0.25) is 0 Å². The van der Waals surface area contributed by atoms with Crippen molar-refractivity contribution in [1.82, 2.24) is 9.97 Å². The van der Waals surface area contributed by atoms with Crippen LogP contribution in [-0.2, 0) is 0 Å². The number of hydrogen-bond donors (Lipinski definition) is 1. The molecule has 0 aromatic carbocycles. The van der Waals surface area contributed by atoms with Crippen LogP contribution in [0.5, 0.6) is 5.75 Å². The van der Waals surface area contributed by atoms with E-state index in [9.17, 15) is 0 Å². The van der Waals surface area contributed by atoms with Crippen LogP contribution in [0.4, 0.5) is 11.6 Å². The standard InChI is InChI=1S/C16H30N4O/c1-7-8-17-15-14(21-6)16(19-11-18-15)20(9-12(2)3)10-13(4)5/h11-13H,7-10H2,1-6H3,(H,17,18,19). The summed E-state index contributed by atoms with van der Waals surface area (Å²) in [6, 6.07) is 0. The zero-order valence-electron chi connectivity index (χ0n) is 14.3. The summed E-state index contributed by atoms with van der Waals surface area (Å²) in [4.78, 5) is 11.1. The molecule has 0 saturated carbocycles. The normalized spacial score (nSPS) is 11.0. The molecule has 1 aromatic heterocycles. The molecular formula is C16H30N4O. The summed E-state index contributed by atoms with van der Waals surface area (Å²) >= 11 is 0. The Morgan fingerprint density at radius 2 is 1.76 bits per heavy atom. The van der Waals surface area contributed by atoms with E-state index in [1.807, 2.05) is 0 Å². The third-order valence-electron chi connectivity index (χ3n) is 3.00. The van der Waals surface area contributed by atoms with Crippen molar-refractivity contribution in [2.24, 2.45) is 11.8 Å². The van der Waals surface area contributed by atoms with Gasteiger partial charge in [0.25, 0.3) is 0 Å². The van der Waals surface area contributed by atoms with Crippen LogP contribution < -0.4 is 15.0 Å².